The normalized spacial score (nSPS) is 14.0. The van der Waals surface area contributed by atoms with Crippen LogP contribution in [0.15, 0.2) is 18.5 Å². The molecule has 0 saturated carbocycles. The molecule has 17 heavy (non-hydrogen) atoms. The van der Waals surface area contributed by atoms with Crippen LogP contribution in [0.25, 0.3) is 0 Å². The molecule has 0 aromatic carbocycles. The third-order valence-electron chi connectivity index (χ3n) is 2.66. The van der Waals surface area contributed by atoms with Crippen LogP contribution in [0.3, 0.4) is 0 Å². The van der Waals surface area contributed by atoms with Gasteiger partial charge in [0.15, 0.2) is 0 Å². The largest absolute Gasteiger partial charge is 0.480 e. The van der Waals surface area contributed by atoms with E-state index in [1.807, 2.05) is 6.92 Å². The van der Waals surface area contributed by atoms with Crippen molar-refractivity contribution in [3.8, 4) is 0 Å². The minimum atomic E-state index is -1.01. The Kier molecular flexibility index (Phi) is 4.68. The zero-order chi connectivity index (χ0) is 12.8. The summed E-state index contributed by atoms with van der Waals surface area (Å²) in [5, 5.41) is 15.4. The predicted molar refractivity (Wildman–Crippen MR) is 61.2 cm³/mol. The lowest BCUT2D eigenvalue weighted by molar-refractivity contribution is -0.143. The van der Waals surface area contributed by atoms with Crippen molar-refractivity contribution in [1.29, 1.82) is 0 Å². The number of carbonyl (C=O) groups is 2. The van der Waals surface area contributed by atoms with Crippen molar-refractivity contribution in [3.05, 3.63) is 18.5 Å². The first-order valence-electron chi connectivity index (χ1n) is 5.54. The number of aromatic nitrogens is 2. The molecule has 0 fully saturated rings. The van der Waals surface area contributed by atoms with Gasteiger partial charge in [-0.25, -0.2) is 4.79 Å². The minimum absolute atomic E-state index is 0.0349. The summed E-state index contributed by atoms with van der Waals surface area (Å²) in [5.41, 5.74) is 0. The van der Waals surface area contributed by atoms with Crippen molar-refractivity contribution in [2.24, 2.45) is 5.92 Å². The highest BCUT2D eigenvalue weighted by atomic mass is 16.4. The Balaban J connectivity index is 2.55. The summed E-state index contributed by atoms with van der Waals surface area (Å²) in [6.45, 7) is 3.72. The lowest BCUT2D eigenvalue weighted by atomic mass is 9.99. The van der Waals surface area contributed by atoms with Gasteiger partial charge in [-0.3, -0.25) is 9.48 Å². The Morgan fingerprint density at radius 3 is 2.71 bits per heavy atom. The number of carbonyl (C=O) groups excluding carboxylic acids is 1. The first-order chi connectivity index (χ1) is 8.04. The molecule has 0 aliphatic rings. The molecule has 0 aliphatic carbocycles. The lowest BCUT2D eigenvalue weighted by Crippen LogP contribution is -2.46. The second-order valence-electron chi connectivity index (χ2n) is 3.97. The van der Waals surface area contributed by atoms with Crippen LogP contribution < -0.4 is 5.32 Å². The van der Waals surface area contributed by atoms with E-state index in [2.05, 4.69) is 10.4 Å². The fourth-order valence-electron chi connectivity index (χ4n) is 1.44. The highest BCUT2D eigenvalue weighted by Gasteiger charge is 2.25. The molecule has 0 radical (unpaired) electrons. The van der Waals surface area contributed by atoms with Gasteiger partial charge in [0, 0.05) is 12.4 Å². The average Bonchev–Trinajstić information content (AvgIpc) is 2.77. The number of carboxylic acid groups (broad SMARTS) is 1. The van der Waals surface area contributed by atoms with Gasteiger partial charge >= 0.3 is 5.97 Å². The monoisotopic (exact) mass is 239 g/mol. The van der Waals surface area contributed by atoms with Crippen molar-refractivity contribution in [2.45, 2.75) is 32.9 Å². The van der Waals surface area contributed by atoms with Crippen molar-refractivity contribution >= 4 is 11.9 Å². The van der Waals surface area contributed by atoms with Crippen LogP contribution in [0.1, 0.15) is 20.3 Å². The van der Waals surface area contributed by atoms with E-state index in [0.29, 0.717) is 6.42 Å². The Labute approximate surface area is 99.6 Å². The molecule has 6 nitrogen and oxygen atoms in total. The number of hydrogen-bond donors (Lipinski definition) is 2. The highest BCUT2D eigenvalue weighted by molar-refractivity contribution is 5.83. The fraction of sp³-hybridized carbons (Fsp3) is 0.545. The van der Waals surface area contributed by atoms with Gasteiger partial charge in [-0.2, -0.15) is 5.10 Å². The van der Waals surface area contributed by atoms with E-state index in [1.165, 1.54) is 4.68 Å². The molecule has 0 unspecified atom stereocenters. The van der Waals surface area contributed by atoms with Gasteiger partial charge in [0.25, 0.3) is 0 Å². The average molecular weight is 239 g/mol. The predicted octanol–water partition coefficient (Wildman–Crippen LogP) is 0.499. The molecule has 2 N–H and O–H groups in total. The van der Waals surface area contributed by atoms with Crippen LogP contribution in [0.5, 0.6) is 0 Å². The second kappa shape index (κ2) is 6.03. The topological polar surface area (TPSA) is 84.2 Å². The quantitative estimate of drug-likeness (QED) is 0.757. The molecule has 1 heterocycles. The van der Waals surface area contributed by atoms with E-state index in [4.69, 9.17) is 5.11 Å². The van der Waals surface area contributed by atoms with Gasteiger partial charge < -0.3 is 10.4 Å². The van der Waals surface area contributed by atoms with Gasteiger partial charge in [-0.1, -0.05) is 20.3 Å². The zero-order valence-electron chi connectivity index (χ0n) is 9.96. The molecule has 0 spiro atoms. The van der Waals surface area contributed by atoms with E-state index >= 15 is 0 Å². The number of amides is 1. The zero-order valence-corrected chi connectivity index (χ0v) is 9.96. The van der Waals surface area contributed by atoms with E-state index in [-0.39, 0.29) is 18.4 Å². The maximum atomic E-state index is 11.6. The molecule has 1 amide bonds. The van der Waals surface area contributed by atoms with Gasteiger partial charge in [-0.15, -0.1) is 0 Å². The summed E-state index contributed by atoms with van der Waals surface area (Å²) in [5.74, 6) is -1.45. The summed E-state index contributed by atoms with van der Waals surface area (Å²) in [4.78, 5) is 22.6. The maximum absolute atomic E-state index is 11.6. The van der Waals surface area contributed by atoms with Gasteiger partial charge in [0.05, 0.1) is 0 Å². The molecular formula is C11H17N3O3. The Bertz CT molecular complexity index is 375. The highest BCUT2D eigenvalue weighted by Crippen LogP contribution is 2.07. The number of nitrogens with zero attached hydrogens (tertiary/aromatic N) is 2. The van der Waals surface area contributed by atoms with Crippen molar-refractivity contribution in [2.75, 3.05) is 0 Å². The molecule has 1 aromatic rings. The second-order valence-corrected chi connectivity index (χ2v) is 3.97. The van der Waals surface area contributed by atoms with Crippen molar-refractivity contribution in [3.63, 3.8) is 0 Å². The smallest absolute Gasteiger partial charge is 0.326 e. The van der Waals surface area contributed by atoms with Crippen LogP contribution in [-0.4, -0.2) is 32.8 Å². The maximum Gasteiger partial charge on any atom is 0.326 e. The van der Waals surface area contributed by atoms with Crippen LogP contribution in [0.4, 0.5) is 0 Å². The van der Waals surface area contributed by atoms with Crippen molar-refractivity contribution in [1.82, 2.24) is 15.1 Å². The Morgan fingerprint density at radius 2 is 2.24 bits per heavy atom. The van der Waals surface area contributed by atoms with Crippen LogP contribution in [-0.2, 0) is 16.1 Å². The summed E-state index contributed by atoms with van der Waals surface area (Å²) < 4.78 is 1.45. The van der Waals surface area contributed by atoms with Crippen molar-refractivity contribution < 1.29 is 14.7 Å². The van der Waals surface area contributed by atoms with Gasteiger partial charge in [-0.05, 0) is 12.0 Å². The Hall–Kier alpha value is -1.85. The SMILES string of the molecule is CC[C@H](C)[C@H](NC(=O)Cn1cccn1)C(=O)O. The first kappa shape index (κ1) is 13.2. The molecule has 6 heteroatoms. The number of aliphatic carboxylic acids is 1. The van der Waals surface area contributed by atoms with Gasteiger partial charge in [0.2, 0.25) is 5.91 Å². The first-order valence-corrected chi connectivity index (χ1v) is 5.54. The van der Waals surface area contributed by atoms with E-state index in [0.717, 1.165) is 0 Å². The standard InChI is InChI=1S/C11H17N3O3/c1-3-8(2)10(11(16)17)13-9(15)7-14-6-4-5-12-14/h4-6,8,10H,3,7H2,1-2H3,(H,13,15)(H,16,17)/t8-,10-/m0/s1. The molecular weight excluding hydrogens is 222 g/mol. The third-order valence-corrected chi connectivity index (χ3v) is 2.66. The summed E-state index contributed by atoms with van der Waals surface area (Å²) in [6.07, 6.45) is 3.91. The summed E-state index contributed by atoms with van der Waals surface area (Å²) in [6, 6.07) is 0.861. The number of rotatable bonds is 6. The molecule has 1 rings (SSSR count). The third kappa shape index (κ3) is 3.90. The van der Waals surface area contributed by atoms with Crippen LogP contribution in [0, 0.1) is 5.92 Å². The van der Waals surface area contributed by atoms with E-state index in [9.17, 15) is 9.59 Å². The molecule has 1 aromatic heterocycles. The van der Waals surface area contributed by atoms with Crippen LogP contribution >= 0.6 is 0 Å². The fourth-order valence-corrected chi connectivity index (χ4v) is 1.44. The summed E-state index contributed by atoms with van der Waals surface area (Å²) >= 11 is 0. The molecule has 0 bridgehead atoms. The van der Waals surface area contributed by atoms with E-state index in [1.54, 1.807) is 25.4 Å². The number of carboxylic acids is 1. The van der Waals surface area contributed by atoms with Crippen LogP contribution in [0.2, 0.25) is 0 Å². The Morgan fingerprint density at radius 1 is 1.53 bits per heavy atom. The molecule has 0 saturated heterocycles. The number of nitrogens with one attached hydrogen (secondary N) is 1. The van der Waals surface area contributed by atoms with E-state index < -0.39 is 12.0 Å². The number of hydrogen-bond acceptors (Lipinski definition) is 3. The van der Waals surface area contributed by atoms with Gasteiger partial charge in [0.1, 0.15) is 12.6 Å². The lowest BCUT2D eigenvalue weighted by Gasteiger charge is -2.20. The minimum Gasteiger partial charge on any atom is -0.480 e. The molecule has 2 atom stereocenters. The summed E-state index contributed by atoms with van der Waals surface area (Å²) in [7, 11) is 0. The molecule has 94 valence electrons. The molecule has 0 aliphatic heterocycles.